The average molecular weight is 768 g/mol. The number of nitrogens with one attached hydrogen (secondary N) is 3. The number of rotatable bonds is 23. The van der Waals surface area contributed by atoms with Crippen molar-refractivity contribution in [3.05, 3.63) is 71.7 Å². The summed E-state index contributed by atoms with van der Waals surface area (Å²) in [5.74, 6) is -8.85. The minimum absolute atomic E-state index is 0.0761. The van der Waals surface area contributed by atoms with E-state index in [1.807, 2.05) is 6.92 Å². The van der Waals surface area contributed by atoms with Gasteiger partial charge in [-0.15, -0.1) is 0 Å². The molecular formula is C36H41N5O14. The van der Waals surface area contributed by atoms with Crippen LogP contribution >= 0.6 is 0 Å². The summed E-state index contributed by atoms with van der Waals surface area (Å²) in [5.41, 5.74) is 0.0224. The van der Waals surface area contributed by atoms with E-state index in [1.165, 1.54) is 54.9 Å². The lowest BCUT2D eigenvalue weighted by atomic mass is 9.90. The van der Waals surface area contributed by atoms with Crippen molar-refractivity contribution in [2.75, 3.05) is 13.3 Å². The van der Waals surface area contributed by atoms with Crippen molar-refractivity contribution in [2.24, 2.45) is 5.92 Å². The molecule has 0 fully saturated rings. The summed E-state index contributed by atoms with van der Waals surface area (Å²) in [6.45, 7) is 2.48. The Kier molecular flexibility index (Phi) is 16.3. The summed E-state index contributed by atoms with van der Waals surface area (Å²) in [6.07, 6.45) is 5.06. The van der Waals surface area contributed by atoms with Crippen LogP contribution in [0.3, 0.4) is 0 Å². The lowest BCUT2D eigenvalue weighted by molar-refractivity contribution is -0.171. The fourth-order valence-electron chi connectivity index (χ4n) is 5.33. The van der Waals surface area contributed by atoms with Crippen molar-refractivity contribution in [3.8, 4) is 17.1 Å². The molecule has 19 nitrogen and oxygen atoms in total. The number of carbonyl (C=O) groups is 8. The van der Waals surface area contributed by atoms with E-state index in [0.717, 1.165) is 17.9 Å². The van der Waals surface area contributed by atoms with E-state index >= 15 is 0 Å². The molecule has 2 unspecified atom stereocenters. The molecule has 3 atom stereocenters. The molecule has 0 aliphatic carbocycles. The van der Waals surface area contributed by atoms with Crippen molar-refractivity contribution in [1.82, 2.24) is 26.0 Å². The zero-order valence-corrected chi connectivity index (χ0v) is 29.9. The van der Waals surface area contributed by atoms with Crippen molar-refractivity contribution in [2.45, 2.75) is 64.5 Å². The van der Waals surface area contributed by atoms with Crippen LogP contribution < -0.4 is 20.7 Å². The molecular weight excluding hydrogens is 726 g/mol. The Morgan fingerprint density at radius 2 is 1.71 bits per heavy atom. The Hall–Kier alpha value is -6.79. The third-order valence-electron chi connectivity index (χ3n) is 8.04. The molecule has 0 spiro atoms. The summed E-state index contributed by atoms with van der Waals surface area (Å²) < 4.78 is 10.9. The molecule has 0 aliphatic rings. The summed E-state index contributed by atoms with van der Waals surface area (Å²) >= 11 is 0. The van der Waals surface area contributed by atoms with Gasteiger partial charge in [0.2, 0.25) is 12.3 Å². The lowest BCUT2D eigenvalue weighted by Gasteiger charge is -2.31. The van der Waals surface area contributed by atoms with Crippen LogP contribution in [0.25, 0.3) is 11.3 Å². The van der Waals surface area contributed by atoms with Gasteiger partial charge in [-0.3, -0.25) is 29.0 Å². The number of ether oxygens (including phenoxy) is 1. The van der Waals surface area contributed by atoms with Gasteiger partial charge in [-0.05, 0) is 49.2 Å². The van der Waals surface area contributed by atoms with Crippen molar-refractivity contribution < 1.29 is 67.7 Å². The smallest absolute Gasteiger partial charge is 0.364 e. The molecule has 6 N–H and O–H groups in total. The molecule has 55 heavy (non-hydrogen) atoms. The van der Waals surface area contributed by atoms with Gasteiger partial charge in [0, 0.05) is 18.0 Å². The monoisotopic (exact) mass is 767 g/mol. The van der Waals surface area contributed by atoms with Gasteiger partial charge in [-0.2, -0.15) is 5.06 Å². The first-order chi connectivity index (χ1) is 26.3. The molecule has 3 rings (SSSR count). The van der Waals surface area contributed by atoms with Crippen molar-refractivity contribution in [3.63, 3.8) is 0 Å². The second-order valence-corrected chi connectivity index (χ2v) is 11.9. The number of pyridine rings is 1. The molecule has 2 heterocycles. The fraction of sp³-hybridized carbons (Fsp3) is 0.361. The number of hydrogen-bond donors (Lipinski definition) is 6. The van der Waals surface area contributed by atoms with Gasteiger partial charge in [0.15, 0.2) is 12.4 Å². The maximum Gasteiger partial charge on any atom is 0.364 e. The minimum atomic E-state index is -1.79. The first-order valence-corrected chi connectivity index (χ1v) is 17.1. The topological polar surface area (TPSA) is 281 Å². The van der Waals surface area contributed by atoms with Gasteiger partial charge in [0.05, 0.1) is 36.2 Å². The Morgan fingerprint density at radius 1 is 0.945 bits per heavy atom. The Balaban J connectivity index is 1.72. The number of amides is 4. The number of unbranched alkanes of at least 4 members (excludes halogenated alkanes) is 2. The molecule has 0 saturated carbocycles. The zero-order valence-electron chi connectivity index (χ0n) is 29.9. The second-order valence-electron chi connectivity index (χ2n) is 11.9. The van der Waals surface area contributed by atoms with Gasteiger partial charge in [0.1, 0.15) is 17.6 Å². The van der Waals surface area contributed by atoms with Gasteiger partial charge < -0.3 is 45.3 Å². The van der Waals surface area contributed by atoms with Gasteiger partial charge >= 0.3 is 23.9 Å². The minimum Gasteiger partial charge on any atom is -0.481 e. The molecule has 4 amide bonds. The third-order valence-corrected chi connectivity index (χ3v) is 8.04. The number of furan rings is 1. The van der Waals surface area contributed by atoms with Crippen LogP contribution in [0, 0.1) is 5.92 Å². The summed E-state index contributed by atoms with van der Waals surface area (Å²) in [6, 6.07) is 6.81. The first kappa shape index (κ1) is 42.6. The zero-order chi connectivity index (χ0) is 40.5. The van der Waals surface area contributed by atoms with Crippen LogP contribution in [0.2, 0.25) is 0 Å². The molecule has 0 saturated heterocycles. The number of benzene rings is 1. The molecule has 0 bridgehead atoms. The maximum absolute atomic E-state index is 13.5. The molecule has 0 aliphatic heterocycles. The number of hydrogen-bond acceptors (Lipinski definition) is 12. The normalized spacial score (nSPS) is 12.3. The maximum atomic E-state index is 13.5. The predicted octanol–water partition coefficient (Wildman–Crippen LogP) is 2.47. The van der Waals surface area contributed by atoms with Crippen LogP contribution in [-0.4, -0.2) is 98.7 Å². The van der Waals surface area contributed by atoms with E-state index in [1.54, 1.807) is 6.92 Å². The summed E-state index contributed by atoms with van der Waals surface area (Å²) in [4.78, 5) is 107. The molecule has 3 aromatic rings. The lowest BCUT2D eigenvalue weighted by Crippen LogP contribution is -2.49. The highest BCUT2D eigenvalue weighted by atomic mass is 16.7. The van der Waals surface area contributed by atoms with E-state index in [9.17, 15) is 43.5 Å². The van der Waals surface area contributed by atoms with Gasteiger partial charge in [-0.25, -0.2) is 14.4 Å². The molecule has 1 aromatic carbocycles. The SMILES string of the molecule is CCCCCC(C(=O)NCNC(=O)c1ccc(-c2ccc(C(=O)NC(CC(=O)O)C(=O)O)c(OCC(=O)O)c2)o1)[C@@H](CC)N(C=O)OC(=O)c1cccnc1. The molecule has 19 heteroatoms. The van der Waals surface area contributed by atoms with Gasteiger partial charge in [0.25, 0.3) is 11.8 Å². The summed E-state index contributed by atoms with van der Waals surface area (Å²) in [5, 5.41) is 35.4. The van der Waals surface area contributed by atoms with Crippen molar-refractivity contribution in [1.29, 1.82) is 0 Å². The van der Waals surface area contributed by atoms with Crippen LogP contribution in [0.5, 0.6) is 5.75 Å². The van der Waals surface area contributed by atoms with Crippen LogP contribution in [0.1, 0.15) is 83.6 Å². The third kappa shape index (κ3) is 12.7. The van der Waals surface area contributed by atoms with Crippen LogP contribution in [0.4, 0.5) is 0 Å². The van der Waals surface area contributed by atoms with E-state index in [0.29, 0.717) is 19.3 Å². The number of hydroxylamine groups is 2. The Morgan fingerprint density at radius 3 is 2.33 bits per heavy atom. The summed E-state index contributed by atoms with van der Waals surface area (Å²) in [7, 11) is 0. The second kappa shape index (κ2) is 21.0. The molecule has 2 aromatic heterocycles. The first-order valence-electron chi connectivity index (χ1n) is 17.1. The van der Waals surface area contributed by atoms with E-state index in [-0.39, 0.29) is 47.0 Å². The molecule has 294 valence electrons. The fourth-order valence-corrected chi connectivity index (χ4v) is 5.33. The van der Waals surface area contributed by atoms with Crippen LogP contribution in [0.15, 0.2) is 59.3 Å². The number of nitrogens with zero attached hydrogens (tertiary/aromatic N) is 2. The van der Waals surface area contributed by atoms with E-state index in [2.05, 4.69) is 20.9 Å². The highest BCUT2D eigenvalue weighted by Crippen LogP contribution is 2.29. The van der Waals surface area contributed by atoms with E-state index < -0.39 is 72.6 Å². The highest BCUT2D eigenvalue weighted by Gasteiger charge is 2.34. The largest absolute Gasteiger partial charge is 0.481 e. The van der Waals surface area contributed by atoms with Crippen molar-refractivity contribution >= 4 is 48.0 Å². The highest BCUT2D eigenvalue weighted by molar-refractivity contribution is 6.00. The number of aliphatic carboxylic acids is 3. The van der Waals surface area contributed by atoms with Gasteiger partial charge in [-0.1, -0.05) is 39.2 Å². The Bertz CT molecular complexity index is 1850. The number of carbonyl (C=O) groups excluding carboxylic acids is 5. The molecule has 0 radical (unpaired) electrons. The number of carboxylic acids is 3. The Labute approximate surface area is 313 Å². The number of carboxylic acid groups (broad SMARTS) is 3. The number of aromatic nitrogens is 1. The van der Waals surface area contributed by atoms with Crippen LogP contribution in [-0.2, 0) is 28.8 Å². The average Bonchev–Trinajstić information content (AvgIpc) is 3.66. The quantitative estimate of drug-likeness (QED) is 0.0350. The van der Waals surface area contributed by atoms with E-state index in [4.69, 9.17) is 24.2 Å². The predicted molar refractivity (Wildman–Crippen MR) is 188 cm³/mol. The standard InChI is InChI=1S/C36H41N5O14/c1-3-5-6-9-23(26(4-2)41(20-42)55-36(52)22-8-7-14-37-17-22)32(47)38-19-39-34(49)28-13-12-27(54-28)21-10-11-24(29(15-21)53-18-31(45)46)33(48)40-25(35(50)51)16-30(43)44/h7-8,10-15,17,20,23,25-26H,3-6,9,16,18-19H2,1-2H3,(H,38,47)(H,39,49)(H,40,48)(H,43,44)(H,45,46)(H,50,51)/t23?,25?,26-/m1/s1.